The molecule has 3 fully saturated rings. The van der Waals surface area contributed by atoms with Crippen molar-refractivity contribution < 1.29 is 23.6 Å². The van der Waals surface area contributed by atoms with Crippen molar-refractivity contribution in [2.24, 2.45) is 5.92 Å². The number of aromatic nitrogens is 3. The predicted octanol–water partition coefficient (Wildman–Crippen LogP) is 5.77. The summed E-state index contributed by atoms with van der Waals surface area (Å²) >= 11 is 0. The van der Waals surface area contributed by atoms with E-state index in [0.29, 0.717) is 92.4 Å². The predicted molar refractivity (Wildman–Crippen MR) is 276 cm³/mol. The zero-order valence-corrected chi connectivity index (χ0v) is 41.2. The van der Waals surface area contributed by atoms with Crippen molar-refractivity contribution in [2.45, 2.75) is 46.1 Å². The van der Waals surface area contributed by atoms with Gasteiger partial charge in [-0.3, -0.25) is 33.8 Å². The van der Waals surface area contributed by atoms with Crippen LogP contribution in [0, 0.1) is 18.7 Å². The van der Waals surface area contributed by atoms with E-state index >= 15 is 4.39 Å². The van der Waals surface area contributed by atoms with Gasteiger partial charge in [0.15, 0.2) is 5.69 Å². The van der Waals surface area contributed by atoms with Gasteiger partial charge in [0.2, 0.25) is 11.8 Å². The van der Waals surface area contributed by atoms with Crippen LogP contribution in [0.5, 0.6) is 0 Å². The van der Waals surface area contributed by atoms with Gasteiger partial charge in [-0.05, 0) is 91.7 Å². The number of piperazine rings is 2. The van der Waals surface area contributed by atoms with Crippen molar-refractivity contribution in [2.75, 3.05) is 90.4 Å². The van der Waals surface area contributed by atoms with E-state index in [4.69, 9.17) is 0 Å². The normalized spacial score (nSPS) is 16.0. The summed E-state index contributed by atoms with van der Waals surface area (Å²) in [4.78, 5) is 81.4. The maximum Gasteiger partial charge on any atom is 0.274 e. The lowest BCUT2D eigenvalue weighted by atomic mass is 9.96. The summed E-state index contributed by atoms with van der Waals surface area (Å²) < 4.78 is 15.1. The van der Waals surface area contributed by atoms with Crippen LogP contribution in [0.15, 0.2) is 108 Å². The van der Waals surface area contributed by atoms with Gasteiger partial charge in [-0.15, -0.1) is 0 Å². The Labute approximate surface area is 419 Å². The number of carbonyl (C=O) groups is 4. The highest BCUT2D eigenvalue weighted by Gasteiger charge is 2.31. The molecule has 0 aliphatic carbocycles. The fourth-order valence-corrected chi connectivity index (χ4v) is 10.1. The summed E-state index contributed by atoms with van der Waals surface area (Å²) in [6.07, 6.45) is 4.84. The van der Waals surface area contributed by atoms with Crippen molar-refractivity contribution in [3.63, 3.8) is 0 Å². The largest absolute Gasteiger partial charge is 0.338 e. The molecule has 72 heavy (non-hydrogen) atoms. The Hall–Kier alpha value is -7.14. The van der Waals surface area contributed by atoms with Gasteiger partial charge >= 0.3 is 0 Å². The van der Waals surface area contributed by atoms with Gasteiger partial charge in [0.25, 0.3) is 17.4 Å². The number of nitrogens with one attached hydrogen (secondary N) is 3. The van der Waals surface area contributed by atoms with E-state index < -0.39 is 11.7 Å². The molecular formula is C56H63FN10O5. The molecule has 0 spiro atoms. The highest BCUT2D eigenvalue weighted by molar-refractivity contribution is 6.03. The molecule has 4 aromatic carbocycles. The number of likely N-dealkylation sites (tertiary alicyclic amines) is 1. The molecule has 0 unspecified atom stereocenters. The summed E-state index contributed by atoms with van der Waals surface area (Å²) in [5.74, 6) is -0.980. The molecule has 3 saturated heterocycles. The Morgan fingerprint density at radius 1 is 0.708 bits per heavy atom. The van der Waals surface area contributed by atoms with Gasteiger partial charge in [0.05, 0.1) is 35.4 Å². The molecule has 0 radical (unpaired) electrons. The maximum absolute atomic E-state index is 15.1. The zero-order chi connectivity index (χ0) is 50.1. The molecule has 2 aromatic heterocycles. The van der Waals surface area contributed by atoms with Gasteiger partial charge in [-0.2, -0.15) is 5.10 Å². The third-order valence-electron chi connectivity index (χ3n) is 14.3. The molecule has 9 rings (SSSR count). The molecule has 16 heteroatoms. The van der Waals surface area contributed by atoms with Crippen LogP contribution >= 0.6 is 0 Å². The number of hydrogen-bond acceptors (Lipinski definition) is 10. The Morgan fingerprint density at radius 2 is 1.42 bits per heavy atom. The molecule has 3 aliphatic heterocycles. The smallest absolute Gasteiger partial charge is 0.274 e. The Bertz CT molecular complexity index is 2990. The molecule has 374 valence electrons. The molecule has 0 bridgehead atoms. The van der Waals surface area contributed by atoms with Crippen LogP contribution in [0.25, 0.3) is 21.9 Å². The molecule has 0 saturated carbocycles. The standard InChI is InChI=1S/C56H63FN10O5/c1-3-39-9-7-11-43(29-39)44-32-50(60-51(68)35-58-33-42-10-6-8-38(2)28-42)53(59-34-44)56(72)67-22-20-64(21-23-67)36-40-16-18-63(19-17-40)37-52(69)65-24-26-66(27-25-65)55(71)47-30-41(14-15-48(47)57)31-49-45-12-4-5-13-46(45)54(70)62-61-49/h4-15,28-30,32,34,40,58H,3,16-27,31,33,35-37H2,1-2H3,(H,60,68)(H,62,70). The Balaban J connectivity index is 0.722. The first-order valence-electron chi connectivity index (χ1n) is 25.2. The number of rotatable bonds is 15. The van der Waals surface area contributed by atoms with Gasteiger partial charge < -0.3 is 25.3 Å². The second-order valence-corrected chi connectivity index (χ2v) is 19.3. The minimum Gasteiger partial charge on any atom is -0.338 e. The topological polar surface area (TPSA) is 167 Å². The lowest BCUT2D eigenvalue weighted by molar-refractivity contribution is -0.134. The molecule has 6 aromatic rings. The fourth-order valence-electron chi connectivity index (χ4n) is 10.1. The van der Waals surface area contributed by atoms with Crippen molar-refractivity contribution >= 4 is 40.1 Å². The third kappa shape index (κ3) is 12.1. The highest BCUT2D eigenvalue weighted by atomic mass is 19.1. The number of fused-ring (bicyclic) bond motifs is 1. The minimum atomic E-state index is -0.609. The van der Waals surface area contributed by atoms with Crippen molar-refractivity contribution in [3.05, 3.63) is 159 Å². The van der Waals surface area contributed by atoms with Crippen LogP contribution < -0.4 is 16.2 Å². The fraction of sp³-hybridized carbons (Fsp3) is 0.375. The average Bonchev–Trinajstić information content (AvgIpc) is 3.40. The van der Waals surface area contributed by atoms with Crippen molar-refractivity contribution in [1.82, 2.24) is 45.0 Å². The summed E-state index contributed by atoms with van der Waals surface area (Å²) in [6.45, 7) is 11.6. The summed E-state index contributed by atoms with van der Waals surface area (Å²) in [7, 11) is 0. The average molecular weight is 975 g/mol. The van der Waals surface area contributed by atoms with Crippen LogP contribution in [0.3, 0.4) is 0 Å². The molecule has 3 N–H and O–H groups in total. The number of aromatic amines is 1. The minimum absolute atomic E-state index is 0.0263. The SMILES string of the molecule is CCc1cccc(-c2cnc(C(=O)N3CCN(CC4CCN(CC(=O)N5CCN(C(=O)c6cc(Cc7n[nH]c(=O)c8ccccc78)ccc6F)CC5)CC4)CC3)c(NC(=O)CNCc3cccc(C)c3)c2)c1. The Morgan fingerprint density at radius 3 is 2.18 bits per heavy atom. The number of aryl methyl sites for hydroxylation is 2. The third-order valence-corrected chi connectivity index (χ3v) is 14.3. The lowest BCUT2D eigenvalue weighted by Gasteiger charge is -2.39. The number of amides is 4. The van der Waals surface area contributed by atoms with Crippen molar-refractivity contribution in [1.29, 1.82) is 0 Å². The number of nitrogens with zero attached hydrogens (tertiary/aromatic N) is 7. The van der Waals surface area contributed by atoms with Crippen molar-refractivity contribution in [3.8, 4) is 11.1 Å². The number of carbonyl (C=O) groups excluding carboxylic acids is 4. The maximum atomic E-state index is 15.1. The molecule has 3 aliphatic rings. The molecular weight excluding hydrogens is 912 g/mol. The van der Waals surface area contributed by atoms with E-state index in [2.05, 4.69) is 60.7 Å². The van der Waals surface area contributed by atoms with Gasteiger partial charge in [-0.25, -0.2) is 14.5 Å². The van der Waals surface area contributed by atoms with Gasteiger partial charge in [0, 0.05) is 89.0 Å². The van der Waals surface area contributed by atoms with E-state index in [1.807, 2.05) is 60.4 Å². The van der Waals surface area contributed by atoms with Gasteiger partial charge in [-0.1, -0.05) is 85.3 Å². The van der Waals surface area contributed by atoms with E-state index in [-0.39, 0.29) is 41.1 Å². The van der Waals surface area contributed by atoms with Crippen LogP contribution in [-0.2, 0) is 29.0 Å². The Kier molecular flexibility index (Phi) is 15.9. The summed E-state index contributed by atoms with van der Waals surface area (Å²) in [5.41, 5.74) is 6.85. The first kappa shape index (κ1) is 49.8. The monoisotopic (exact) mass is 974 g/mol. The number of H-pyrrole nitrogens is 1. The highest BCUT2D eigenvalue weighted by Crippen LogP contribution is 2.28. The van der Waals surface area contributed by atoms with E-state index in [1.54, 1.807) is 40.3 Å². The second-order valence-electron chi connectivity index (χ2n) is 19.3. The van der Waals surface area contributed by atoms with Crippen LogP contribution in [-0.4, -0.2) is 148 Å². The lowest BCUT2D eigenvalue weighted by Crippen LogP contribution is -2.53. The summed E-state index contributed by atoms with van der Waals surface area (Å²) in [5, 5.41) is 14.2. The number of anilines is 1. The van der Waals surface area contributed by atoms with Gasteiger partial charge in [0.1, 0.15) is 5.82 Å². The molecule has 4 amide bonds. The van der Waals surface area contributed by atoms with E-state index in [0.717, 1.165) is 74.2 Å². The number of pyridine rings is 1. The number of piperidine rings is 1. The second kappa shape index (κ2) is 22.9. The number of halogens is 1. The first-order valence-corrected chi connectivity index (χ1v) is 25.2. The van der Waals surface area contributed by atoms with E-state index in [9.17, 15) is 24.0 Å². The number of hydrogen-bond donors (Lipinski definition) is 3. The van der Waals surface area contributed by atoms with Crippen LogP contribution in [0.1, 0.15) is 68.6 Å². The molecule has 5 heterocycles. The van der Waals surface area contributed by atoms with E-state index in [1.165, 1.54) is 11.6 Å². The zero-order valence-electron chi connectivity index (χ0n) is 41.2. The first-order chi connectivity index (χ1) is 35.0. The number of benzene rings is 4. The molecule has 15 nitrogen and oxygen atoms in total. The van der Waals surface area contributed by atoms with Crippen LogP contribution in [0.2, 0.25) is 0 Å². The van der Waals surface area contributed by atoms with Crippen LogP contribution in [0.4, 0.5) is 10.1 Å². The molecule has 0 atom stereocenters. The summed E-state index contributed by atoms with van der Waals surface area (Å²) in [6, 6.07) is 29.9. The quantitative estimate of drug-likeness (QED) is 0.115.